The minimum absolute atomic E-state index is 0.0191. The molecule has 0 aliphatic heterocycles. The number of hydrogen-bond acceptors (Lipinski definition) is 6. The predicted molar refractivity (Wildman–Crippen MR) is 104 cm³/mol. The Morgan fingerprint density at radius 3 is 2.57 bits per heavy atom. The summed E-state index contributed by atoms with van der Waals surface area (Å²) in [5, 5.41) is 7.18. The van der Waals surface area contributed by atoms with Crippen molar-refractivity contribution in [3.8, 4) is 11.4 Å². The molecule has 1 N–H and O–H groups in total. The molecule has 0 saturated carbocycles. The zero-order valence-corrected chi connectivity index (χ0v) is 15.8. The van der Waals surface area contributed by atoms with Crippen molar-refractivity contribution < 1.29 is 18.8 Å². The Balaban J connectivity index is 1.47. The van der Waals surface area contributed by atoms with Gasteiger partial charge in [0.2, 0.25) is 11.7 Å². The maximum Gasteiger partial charge on any atom is 0.307 e. The normalized spacial score (nSPS) is 11.6. The fraction of sp³-hybridized carbons (Fsp3) is 0.200. The molecule has 0 bridgehead atoms. The molecule has 1 amide bonds. The number of ether oxygens (including phenoxy) is 1. The summed E-state index contributed by atoms with van der Waals surface area (Å²) in [4.78, 5) is 28.3. The first kappa shape index (κ1) is 19.6. The summed E-state index contributed by atoms with van der Waals surface area (Å²) in [6.07, 6.45) is -0.683. The molecule has 0 aliphatic carbocycles. The van der Waals surface area contributed by atoms with Gasteiger partial charge in [0, 0.05) is 22.7 Å². The van der Waals surface area contributed by atoms with Crippen molar-refractivity contribution in [3.05, 3.63) is 65.5 Å². The Kier molecular flexibility index (Phi) is 6.39. The standard InChI is InChI=1S/C20H18ClN3O4/c1-13(20(26)22-16-5-3-2-4-6-16)27-18(25)12-11-17-23-19(24-28-17)14-7-9-15(21)10-8-14/h2-10,13H,11-12H2,1H3,(H,22,26)/t13-/m0/s1. The molecule has 28 heavy (non-hydrogen) atoms. The third-order valence-electron chi connectivity index (χ3n) is 3.83. The number of amides is 1. The zero-order chi connectivity index (χ0) is 19.9. The van der Waals surface area contributed by atoms with Gasteiger partial charge in [-0.05, 0) is 43.3 Å². The van der Waals surface area contributed by atoms with Crippen LogP contribution in [-0.4, -0.2) is 28.1 Å². The first-order valence-corrected chi connectivity index (χ1v) is 9.03. The molecule has 0 radical (unpaired) electrons. The summed E-state index contributed by atoms with van der Waals surface area (Å²) in [6, 6.07) is 16.0. The lowest BCUT2D eigenvalue weighted by Crippen LogP contribution is -2.30. The summed E-state index contributed by atoms with van der Waals surface area (Å²) in [5.74, 6) is -0.205. The number of aromatic nitrogens is 2. The second-order valence-corrected chi connectivity index (χ2v) is 6.44. The SMILES string of the molecule is C[C@H](OC(=O)CCc1nc(-c2ccc(Cl)cc2)no1)C(=O)Nc1ccccc1. The Morgan fingerprint density at radius 1 is 1.14 bits per heavy atom. The van der Waals surface area contributed by atoms with Crippen LogP contribution >= 0.6 is 11.6 Å². The highest BCUT2D eigenvalue weighted by atomic mass is 35.5. The van der Waals surface area contributed by atoms with Gasteiger partial charge in [0.1, 0.15) is 0 Å². The van der Waals surface area contributed by atoms with Gasteiger partial charge in [0.25, 0.3) is 5.91 Å². The van der Waals surface area contributed by atoms with Crippen molar-refractivity contribution >= 4 is 29.2 Å². The van der Waals surface area contributed by atoms with Gasteiger partial charge in [-0.15, -0.1) is 0 Å². The molecule has 1 heterocycles. The van der Waals surface area contributed by atoms with Crippen LogP contribution in [0.5, 0.6) is 0 Å². The minimum Gasteiger partial charge on any atom is -0.453 e. The second kappa shape index (κ2) is 9.14. The molecule has 8 heteroatoms. The molecule has 0 spiro atoms. The van der Waals surface area contributed by atoms with Crippen molar-refractivity contribution in [1.29, 1.82) is 0 Å². The lowest BCUT2D eigenvalue weighted by molar-refractivity contribution is -0.153. The summed E-state index contributed by atoms with van der Waals surface area (Å²) >= 11 is 5.85. The Morgan fingerprint density at radius 2 is 1.86 bits per heavy atom. The van der Waals surface area contributed by atoms with Crippen molar-refractivity contribution in [2.75, 3.05) is 5.32 Å². The summed E-state index contributed by atoms with van der Waals surface area (Å²) in [7, 11) is 0. The van der Waals surface area contributed by atoms with E-state index in [4.69, 9.17) is 20.9 Å². The molecule has 3 rings (SSSR count). The highest BCUT2D eigenvalue weighted by Crippen LogP contribution is 2.19. The number of carbonyl (C=O) groups is 2. The van der Waals surface area contributed by atoms with Crippen molar-refractivity contribution in [1.82, 2.24) is 10.1 Å². The largest absolute Gasteiger partial charge is 0.453 e. The van der Waals surface area contributed by atoms with Gasteiger partial charge in [-0.2, -0.15) is 4.98 Å². The average molecular weight is 400 g/mol. The summed E-state index contributed by atoms with van der Waals surface area (Å²) in [6.45, 7) is 1.52. The number of aryl methyl sites for hydroxylation is 1. The molecule has 1 atom stereocenters. The van der Waals surface area contributed by atoms with E-state index in [0.717, 1.165) is 5.56 Å². The molecule has 7 nitrogen and oxygen atoms in total. The van der Waals surface area contributed by atoms with Crippen LogP contribution in [0.1, 0.15) is 19.2 Å². The lowest BCUT2D eigenvalue weighted by atomic mass is 10.2. The third-order valence-corrected chi connectivity index (χ3v) is 4.08. The van der Waals surface area contributed by atoms with Crippen LogP contribution in [0.3, 0.4) is 0 Å². The topological polar surface area (TPSA) is 94.3 Å². The molecule has 2 aromatic carbocycles. The quantitative estimate of drug-likeness (QED) is 0.605. The van der Waals surface area contributed by atoms with Gasteiger partial charge in [0.15, 0.2) is 6.10 Å². The smallest absolute Gasteiger partial charge is 0.307 e. The van der Waals surface area contributed by atoms with Crippen molar-refractivity contribution in [3.63, 3.8) is 0 Å². The zero-order valence-electron chi connectivity index (χ0n) is 15.1. The number of halogens is 1. The molecule has 144 valence electrons. The van der Waals surface area contributed by atoms with Crippen LogP contribution in [0.4, 0.5) is 5.69 Å². The maximum atomic E-state index is 12.1. The summed E-state index contributed by atoms with van der Waals surface area (Å²) < 4.78 is 10.3. The van der Waals surface area contributed by atoms with Crippen LogP contribution in [0, 0.1) is 0 Å². The highest BCUT2D eigenvalue weighted by Gasteiger charge is 2.19. The van der Waals surface area contributed by atoms with E-state index in [1.807, 2.05) is 6.07 Å². The van der Waals surface area contributed by atoms with Gasteiger partial charge in [0.05, 0.1) is 6.42 Å². The Bertz CT molecular complexity index is 942. The number of nitrogens with zero attached hydrogens (tertiary/aromatic N) is 2. The first-order valence-electron chi connectivity index (χ1n) is 8.65. The minimum atomic E-state index is -0.917. The van der Waals surface area contributed by atoms with Crippen molar-refractivity contribution in [2.24, 2.45) is 0 Å². The molecule has 3 aromatic rings. The van der Waals surface area contributed by atoms with Gasteiger partial charge in [-0.1, -0.05) is 35.0 Å². The predicted octanol–water partition coefficient (Wildman–Crippen LogP) is 3.89. The number of carbonyl (C=O) groups excluding carboxylic acids is 2. The van der Waals surface area contributed by atoms with Crippen LogP contribution in [0.2, 0.25) is 5.02 Å². The van der Waals surface area contributed by atoms with E-state index in [2.05, 4.69) is 15.5 Å². The van der Waals surface area contributed by atoms with E-state index in [-0.39, 0.29) is 12.8 Å². The van der Waals surface area contributed by atoms with Gasteiger partial charge < -0.3 is 14.6 Å². The number of rotatable bonds is 7. The van der Waals surface area contributed by atoms with Crippen LogP contribution in [-0.2, 0) is 20.7 Å². The molecular formula is C20H18ClN3O4. The van der Waals surface area contributed by atoms with E-state index >= 15 is 0 Å². The average Bonchev–Trinajstić information content (AvgIpc) is 3.17. The van der Waals surface area contributed by atoms with Gasteiger partial charge in [-0.25, -0.2) is 0 Å². The molecule has 0 aliphatic rings. The lowest BCUT2D eigenvalue weighted by Gasteiger charge is -2.13. The number of esters is 1. The van der Waals surface area contributed by atoms with E-state index in [9.17, 15) is 9.59 Å². The number of benzene rings is 2. The molecule has 0 unspecified atom stereocenters. The number of anilines is 1. The highest BCUT2D eigenvalue weighted by molar-refractivity contribution is 6.30. The third kappa shape index (κ3) is 5.40. The molecule has 1 aromatic heterocycles. The maximum absolute atomic E-state index is 12.1. The van der Waals surface area contributed by atoms with E-state index < -0.39 is 18.0 Å². The first-order chi connectivity index (χ1) is 13.5. The molecular weight excluding hydrogens is 382 g/mol. The van der Waals surface area contributed by atoms with Crippen LogP contribution < -0.4 is 5.32 Å². The number of nitrogens with one attached hydrogen (secondary N) is 1. The van der Waals surface area contributed by atoms with Crippen LogP contribution in [0.25, 0.3) is 11.4 Å². The monoisotopic (exact) mass is 399 g/mol. The van der Waals surface area contributed by atoms with E-state index in [1.165, 1.54) is 6.92 Å². The fourth-order valence-electron chi connectivity index (χ4n) is 2.36. The summed E-state index contributed by atoms with van der Waals surface area (Å²) in [5.41, 5.74) is 1.39. The van der Waals surface area contributed by atoms with E-state index in [0.29, 0.717) is 22.4 Å². The molecule has 0 fully saturated rings. The van der Waals surface area contributed by atoms with Gasteiger partial charge in [-0.3, -0.25) is 9.59 Å². The van der Waals surface area contributed by atoms with Crippen LogP contribution in [0.15, 0.2) is 59.1 Å². The van der Waals surface area contributed by atoms with Gasteiger partial charge >= 0.3 is 5.97 Å². The number of hydrogen-bond donors (Lipinski definition) is 1. The Labute approximate surface area is 166 Å². The fourth-order valence-corrected chi connectivity index (χ4v) is 2.48. The molecule has 0 saturated heterocycles. The van der Waals surface area contributed by atoms with E-state index in [1.54, 1.807) is 48.5 Å². The number of para-hydroxylation sites is 1. The second-order valence-electron chi connectivity index (χ2n) is 6.01. The Hall–Kier alpha value is -3.19. The van der Waals surface area contributed by atoms with Crippen molar-refractivity contribution in [2.45, 2.75) is 25.9 Å².